The summed E-state index contributed by atoms with van der Waals surface area (Å²) in [6, 6.07) is 3.09. The van der Waals surface area contributed by atoms with E-state index in [0.29, 0.717) is 18.5 Å². The Kier molecular flexibility index (Phi) is 6.99. The first-order valence-electron chi connectivity index (χ1n) is 11.7. The fourth-order valence-corrected chi connectivity index (χ4v) is 5.28. The molecule has 1 aliphatic rings. The standard InChI is InChI=1S/C25H41N5O/c1-8-22(30-12-10-26-18-30)13-19(2)29-11-9-20(17-29)14-23(31)27-21-15-24(3,4)28(7)25(5,6)16-21/h9-12,17-19,21-22H,8,13-16H2,1-7H3,(H,27,31). The molecule has 3 heterocycles. The Morgan fingerprint density at radius 1 is 1.19 bits per heavy atom. The third-order valence-corrected chi connectivity index (χ3v) is 7.35. The van der Waals surface area contributed by atoms with Gasteiger partial charge in [0.05, 0.1) is 12.7 Å². The quantitative estimate of drug-likeness (QED) is 0.670. The molecule has 0 aromatic carbocycles. The maximum atomic E-state index is 12.8. The number of hydrogen-bond acceptors (Lipinski definition) is 3. The molecular weight excluding hydrogens is 386 g/mol. The van der Waals surface area contributed by atoms with Gasteiger partial charge in [-0.25, -0.2) is 4.98 Å². The van der Waals surface area contributed by atoms with E-state index in [9.17, 15) is 4.79 Å². The molecule has 1 saturated heterocycles. The summed E-state index contributed by atoms with van der Waals surface area (Å²) in [4.78, 5) is 19.4. The first-order valence-corrected chi connectivity index (χ1v) is 11.7. The van der Waals surface area contributed by atoms with Crippen LogP contribution in [0.2, 0.25) is 0 Å². The number of imidazole rings is 1. The van der Waals surface area contributed by atoms with Crippen molar-refractivity contribution < 1.29 is 4.79 Å². The van der Waals surface area contributed by atoms with Gasteiger partial charge in [0.15, 0.2) is 0 Å². The van der Waals surface area contributed by atoms with Gasteiger partial charge in [0.2, 0.25) is 5.91 Å². The zero-order valence-electron chi connectivity index (χ0n) is 20.4. The van der Waals surface area contributed by atoms with E-state index >= 15 is 0 Å². The van der Waals surface area contributed by atoms with Gasteiger partial charge in [0.1, 0.15) is 0 Å². The van der Waals surface area contributed by atoms with Crippen LogP contribution in [0.4, 0.5) is 0 Å². The van der Waals surface area contributed by atoms with Crippen molar-refractivity contribution in [1.29, 1.82) is 0 Å². The minimum Gasteiger partial charge on any atom is -0.353 e. The predicted octanol–water partition coefficient (Wildman–Crippen LogP) is 4.60. The molecule has 1 N–H and O–H groups in total. The summed E-state index contributed by atoms with van der Waals surface area (Å²) in [6.07, 6.45) is 14.5. The van der Waals surface area contributed by atoms with Gasteiger partial charge >= 0.3 is 0 Å². The second-order valence-electron chi connectivity index (χ2n) is 10.7. The van der Waals surface area contributed by atoms with Crippen LogP contribution in [-0.4, -0.2) is 49.1 Å². The van der Waals surface area contributed by atoms with Crippen molar-refractivity contribution in [2.45, 2.75) is 103 Å². The number of nitrogens with zero attached hydrogens (tertiary/aromatic N) is 4. The highest BCUT2D eigenvalue weighted by atomic mass is 16.1. The summed E-state index contributed by atoms with van der Waals surface area (Å²) in [6.45, 7) is 13.5. The lowest BCUT2D eigenvalue weighted by atomic mass is 9.77. The molecule has 1 fully saturated rings. The number of hydrogen-bond donors (Lipinski definition) is 1. The van der Waals surface area contributed by atoms with E-state index in [1.807, 2.05) is 18.7 Å². The van der Waals surface area contributed by atoms with Crippen LogP contribution in [0.3, 0.4) is 0 Å². The van der Waals surface area contributed by atoms with Crippen LogP contribution in [0.25, 0.3) is 0 Å². The second-order valence-corrected chi connectivity index (χ2v) is 10.7. The molecule has 1 aliphatic heterocycles. The zero-order chi connectivity index (χ0) is 22.8. The number of carbonyl (C=O) groups excluding carboxylic acids is 1. The molecule has 2 aromatic heterocycles. The Balaban J connectivity index is 1.56. The number of nitrogens with one attached hydrogen (secondary N) is 1. The summed E-state index contributed by atoms with van der Waals surface area (Å²) >= 11 is 0. The van der Waals surface area contributed by atoms with Crippen LogP contribution in [-0.2, 0) is 11.2 Å². The largest absolute Gasteiger partial charge is 0.353 e. The lowest BCUT2D eigenvalue weighted by Crippen LogP contribution is -2.62. The fourth-order valence-electron chi connectivity index (χ4n) is 5.28. The molecule has 6 nitrogen and oxygen atoms in total. The molecule has 1 amide bonds. The molecule has 0 spiro atoms. The van der Waals surface area contributed by atoms with Crippen LogP contribution >= 0.6 is 0 Å². The van der Waals surface area contributed by atoms with E-state index in [4.69, 9.17) is 0 Å². The molecule has 31 heavy (non-hydrogen) atoms. The highest BCUT2D eigenvalue weighted by Crippen LogP contribution is 2.36. The summed E-state index contributed by atoms with van der Waals surface area (Å²) in [7, 11) is 2.19. The Bertz CT molecular complexity index is 833. The highest BCUT2D eigenvalue weighted by Gasteiger charge is 2.43. The van der Waals surface area contributed by atoms with Gasteiger partial charge < -0.3 is 14.5 Å². The van der Waals surface area contributed by atoms with Crippen molar-refractivity contribution in [3.05, 3.63) is 42.7 Å². The van der Waals surface area contributed by atoms with E-state index in [-0.39, 0.29) is 23.0 Å². The van der Waals surface area contributed by atoms with Gasteiger partial charge in [-0.3, -0.25) is 9.69 Å². The zero-order valence-corrected chi connectivity index (χ0v) is 20.4. The predicted molar refractivity (Wildman–Crippen MR) is 126 cm³/mol. The first kappa shape index (κ1) is 23.6. The van der Waals surface area contributed by atoms with Crippen molar-refractivity contribution >= 4 is 5.91 Å². The molecule has 0 radical (unpaired) electrons. The van der Waals surface area contributed by atoms with E-state index in [1.165, 1.54) is 0 Å². The first-order chi connectivity index (χ1) is 14.5. The van der Waals surface area contributed by atoms with Gasteiger partial charge in [-0.1, -0.05) is 6.92 Å². The SMILES string of the molecule is CCC(CC(C)n1ccc(CC(=O)NC2CC(C)(C)N(C)C(C)(C)C2)c1)n1ccnc1. The summed E-state index contributed by atoms with van der Waals surface area (Å²) in [5.41, 5.74) is 1.22. The maximum absolute atomic E-state index is 12.8. The smallest absolute Gasteiger partial charge is 0.224 e. The Morgan fingerprint density at radius 3 is 2.45 bits per heavy atom. The number of piperidine rings is 1. The molecular formula is C25H41N5O. The molecule has 2 aromatic rings. The summed E-state index contributed by atoms with van der Waals surface area (Å²) in [5, 5.41) is 3.31. The minimum atomic E-state index is 0.0729. The van der Waals surface area contributed by atoms with Crippen molar-refractivity contribution in [2.75, 3.05) is 7.05 Å². The van der Waals surface area contributed by atoms with E-state index in [0.717, 1.165) is 31.2 Å². The van der Waals surface area contributed by atoms with Crippen LogP contribution in [0, 0.1) is 0 Å². The Hall–Kier alpha value is -2.08. The van der Waals surface area contributed by atoms with Gasteiger partial charge in [-0.05, 0) is 79.0 Å². The average Bonchev–Trinajstić information content (AvgIpc) is 3.35. The van der Waals surface area contributed by atoms with Crippen molar-refractivity contribution in [3.8, 4) is 0 Å². The topological polar surface area (TPSA) is 55.1 Å². The molecule has 0 aliphatic carbocycles. The van der Waals surface area contributed by atoms with Crippen LogP contribution < -0.4 is 5.32 Å². The molecule has 172 valence electrons. The normalized spacial score (nSPS) is 21.0. The van der Waals surface area contributed by atoms with Crippen molar-refractivity contribution in [2.24, 2.45) is 0 Å². The molecule has 6 heteroatoms. The Labute approximate surface area is 188 Å². The van der Waals surface area contributed by atoms with Crippen LogP contribution in [0.15, 0.2) is 37.2 Å². The fraction of sp³-hybridized carbons (Fsp3) is 0.680. The van der Waals surface area contributed by atoms with Gasteiger partial charge in [0.25, 0.3) is 0 Å². The molecule has 2 unspecified atom stereocenters. The van der Waals surface area contributed by atoms with Crippen LogP contribution in [0.1, 0.15) is 84.9 Å². The van der Waals surface area contributed by atoms with E-state index in [2.05, 4.69) is 91.4 Å². The third-order valence-electron chi connectivity index (χ3n) is 7.35. The third kappa shape index (κ3) is 5.59. The van der Waals surface area contributed by atoms with Crippen LogP contribution in [0.5, 0.6) is 0 Å². The number of likely N-dealkylation sites (tertiary alicyclic amines) is 1. The minimum absolute atomic E-state index is 0.0729. The van der Waals surface area contributed by atoms with E-state index < -0.39 is 0 Å². The average molecular weight is 428 g/mol. The molecule has 0 saturated carbocycles. The monoisotopic (exact) mass is 427 g/mol. The van der Waals surface area contributed by atoms with Gasteiger partial charge in [-0.2, -0.15) is 0 Å². The number of carbonyl (C=O) groups is 1. The number of aromatic nitrogens is 3. The van der Waals surface area contributed by atoms with Gasteiger partial charge in [0, 0.05) is 54.0 Å². The lowest BCUT2D eigenvalue weighted by molar-refractivity contribution is -0.122. The lowest BCUT2D eigenvalue weighted by Gasteiger charge is -2.53. The molecule has 2 atom stereocenters. The Morgan fingerprint density at radius 2 is 1.87 bits per heavy atom. The van der Waals surface area contributed by atoms with Crippen molar-refractivity contribution in [1.82, 2.24) is 24.3 Å². The van der Waals surface area contributed by atoms with E-state index in [1.54, 1.807) is 0 Å². The molecule has 3 rings (SSSR count). The molecule has 0 bridgehead atoms. The highest BCUT2D eigenvalue weighted by molar-refractivity contribution is 5.78. The number of rotatable bonds is 8. The maximum Gasteiger partial charge on any atom is 0.224 e. The summed E-state index contributed by atoms with van der Waals surface area (Å²) in [5.74, 6) is 0.122. The second kappa shape index (κ2) is 9.19. The number of amides is 1. The van der Waals surface area contributed by atoms with Crippen molar-refractivity contribution in [3.63, 3.8) is 0 Å². The van der Waals surface area contributed by atoms with Gasteiger partial charge in [-0.15, -0.1) is 0 Å². The summed E-state index contributed by atoms with van der Waals surface area (Å²) < 4.78 is 4.43.